The van der Waals surface area contributed by atoms with Crippen molar-refractivity contribution in [2.24, 2.45) is 0 Å². The molecule has 2 heterocycles. The van der Waals surface area contributed by atoms with Gasteiger partial charge >= 0.3 is 0 Å². The summed E-state index contributed by atoms with van der Waals surface area (Å²) >= 11 is 0. The number of rotatable bonds is 8. The van der Waals surface area contributed by atoms with Crippen LogP contribution in [0.3, 0.4) is 0 Å². The maximum Gasteiger partial charge on any atom is 0.146 e. The van der Waals surface area contributed by atoms with Gasteiger partial charge in [0.2, 0.25) is 0 Å². The summed E-state index contributed by atoms with van der Waals surface area (Å²) in [6.07, 6.45) is 3.24. The highest BCUT2D eigenvalue weighted by molar-refractivity contribution is 5.59. The Balaban J connectivity index is 1.57. The van der Waals surface area contributed by atoms with Gasteiger partial charge in [0.1, 0.15) is 36.2 Å². The predicted octanol–water partition coefficient (Wildman–Crippen LogP) is 5.52. The average Bonchev–Trinajstić information content (AvgIpc) is 3.46. The van der Waals surface area contributed by atoms with Gasteiger partial charge in [-0.25, -0.2) is 0 Å². The number of benzene rings is 2. The lowest BCUT2D eigenvalue weighted by Gasteiger charge is -2.27. The zero-order chi connectivity index (χ0) is 21.8. The zero-order valence-corrected chi connectivity index (χ0v) is 17.6. The molecule has 0 amide bonds. The minimum absolute atomic E-state index is 0.313. The number of nitrogens with two attached hydrogens (primary N) is 2. The number of ether oxygens (including phenoxy) is 2. The van der Waals surface area contributed by atoms with E-state index in [0.717, 1.165) is 22.6 Å². The molecule has 0 atom stereocenters. The molecule has 160 valence electrons. The zero-order valence-electron chi connectivity index (χ0n) is 17.6. The van der Waals surface area contributed by atoms with Crippen LogP contribution >= 0.6 is 0 Å². The number of anilines is 2. The molecule has 2 aromatic heterocycles. The predicted molar refractivity (Wildman–Crippen MR) is 120 cm³/mol. The molecule has 4 rings (SSSR count). The molecule has 6 nitrogen and oxygen atoms in total. The Hall–Kier alpha value is -3.80. The smallest absolute Gasteiger partial charge is 0.146 e. The van der Waals surface area contributed by atoms with E-state index in [2.05, 4.69) is 13.8 Å². The van der Waals surface area contributed by atoms with Crippen molar-refractivity contribution in [1.29, 1.82) is 0 Å². The molecule has 0 saturated carbocycles. The molecule has 4 N–H and O–H groups in total. The summed E-state index contributed by atoms with van der Waals surface area (Å²) in [5.74, 6) is 2.71. The lowest BCUT2D eigenvalue weighted by atomic mass is 9.78. The van der Waals surface area contributed by atoms with Crippen LogP contribution in [0.1, 0.15) is 36.5 Å². The molecule has 0 unspecified atom stereocenters. The van der Waals surface area contributed by atoms with E-state index in [1.807, 2.05) is 60.7 Å². The third kappa shape index (κ3) is 4.53. The molecule has 0 spiro atoms. The van der Waals surface area contributed by atoms with Crippen LogP contribution in [-0.2, 0) is 18.6 Å². The van der Waals surface area contributed by atoms with Crippen LogP contribution < -0.4 is 20.9 Å². The van der Waals surface area contributed by atoms with Crippen molar-refractivity contribution in [1.82, 2.24) is 0 Å². The Labute approximate surface area is 181 Å². The molecule has 0 fully saturated rings. The van der Waals surface area contributed by atoms with Gasteiger partial charge in [-0.15, -0.1) is 0 Å². The van der Waals surface area contributed by atoms with Crippen LogP contribution in [0.4, 0.5) is 11.4 Å². The number of hydrogen-bond acceptors (Lipinski definition) is 6. The highest BCUT2D eigenvalue weighted by atomic mass is 16.5. The van der Waals surface area contributed by atoms with Crippen molar-refractivity contribution in [3.05, 3.63) is 95.8 Å². The molecule has 0 aliphatic carbocycles. The minimum Gasteiger partial charge on any atom is -0.483 e. The maximum atomic E-state index is 6.14. The molecule has 31 heavy (non-hydrogen) atoms. The average molecular weight is 418 g/mol. The summed E-state index contributed by atoms with van der Waals surface area (Å²) in [5.41, 5.74) is 15.2. The number of hydrogen-bond donors (Lipinski definition) is 2. The summed E-state index contributed by atoms with van der Waals surface area (Å²) in [5, 5.41) is 0. The first-order valence-corrected chi connectivity index (χ1v) is 10.0. The normalized spacial score (nSPS) is 11.4. The Bertz CT molecular complexity index is 1040. The summed E-state index contributed by atoms with van der Waals surface area (Å²) in [6, 6.07) is 19.1. The molecule has 0 aliphatic rings. The quantitative estimate of drug-likeness (QED) is 0.366. The number of nitrogen functional groups attached to an aromatic ring is 2. The first-order chi connectivity index (χ1) is 14.9. The van der Waals surface area contributed by atoms with Gasteiger partial charge < -0.3 is 29.8 Å². The number of furan rings is 2. The Morgan fingerprint density at radius 1 is 0.710 bits per heavy atom. The Morgan fingerprint density at radius 3 is 1.55 bits per heavy atom. The third-order valence-corrected chi connectivity index (χ3v) is 5.37. The fourth-order valence-corrected chi connectivity index (χ4v) is 3.35. The van der Waals surface area contributed by atoms with Crippen LogP contribution in [-0.4, -0.2) is 0 Å². The molecular formula is C25H26N2O4. The molecule has 6 heteroatoms. The molecule has 0 radical (unpaired) electrons. The second-order valence-corrected chi connectivity index (χ2v) is 7.87. The van der Waals surface area contributed by atoms with E-state index in [4.69, 9.17) is 29.8 Å². The van der Waals surface area contributed by atoms with E-state index in [-0.39, 0.29) is 5.41 Å². The van der Waals surface area contributed by atoms with Crippen LogP contribution in [0.5, 0.6) is 11.5 Å². The van der Waals surface area contributed by atoms with Gasteiger partial charge in [-0.3, -0.25) is 0 Å². The monoisotopic (exact) mass is 418 g/mol. The fraction of sp³-hybridized carbons (Fsp3) is 0.200. The highest BCUT2D eigenvalue weighted by Gasteiger charge is 2.25. The first kappa shape index (κ1) is 20.5. The van der Waals surface area contributed by atoms with Crippen LogP contribution in [0.25, 0.3) is 0 Å². The van der Waals surface area contributed by atoms with Crippen molar-refractivity contribution in [3.8, 4) is 11.5 Å². The van der Waals surface area contributed by atoms with Gasteiger partial charge in [0.25, 0.3) is 0 Å². The van der Waals surface area contributed by atoms with E-state index < -0.39 is 0 Å². The summed E-state index contributed by atoms with van der Waals surface area (Å²) in [6.45, 7) is 4.90. The standard InChI is InChI=1S/C25H26N2O4/c1-25(2,17-7-9-21(26)23(13-17)30-15-19-5-3-11-28-19)18-8-10-22(27)24(14-18)31-16-20-6-4-12-29-20/h3-14H,15-16,26-27H2,1-2H3. The van der Waals surface area contributed by atoms with Gasteiger partial charge in [0, 0.05) is 5.41 Å². The lowest BCUT2D eigenvalue weighted by Crippen LogP contribution is -2.19. The molecule has 0 saturated heterocycles. The van der Waals surface area contributed by atoms with Gasteiger partial charge in [0.15, 0.2) is 0 Å². The van der Waals surface area contributed by atoms with Crippen LogP contribution in [0, 0.1) is 0 Å². The first-order valence-electron chi connectivity index (χ1n) is 10.0. The largest absolute Gasteiger partial charge is 0.483 e. The van der Waals surface area contributed by atoms with Crippen molar-refractivity contribution in [3.63, 3.8) is 0 Å². The van der Waals surface area contributed by atoms with Gasteiger partial charge in [-0.05, 0) is 59.7 Å². The van der Waals surface area contributed by atoms with E-state index in [9.17, 15) is 0 Å². The highest BCUT2D eigenvalue weighted by Crippen LogP contribution is 2.38. The van der Waals surface area contributed by atoms with E-state index in [0.29, 0.717) is 36.1 Å². The van der Waals surface area contributed by atoms with Crippen molar-refractivity contribution in [2.75, 3.05) is 11.5 Å². The van der Waals surface area contributed by atoms with Gasteiger partial charge in [-0.2, -0.15) is 0 Å². The van der Waals surface area contributed by atoms with Gasteiger partial charge in [0.05, 0.1) is 23.9 Å². The van der Waals surface area contributed by atoms with E-state index in [1.54, 1.807) is 12.5 Å². The minimum atomic E-state index is -0.340. The maximum absolute atomic E-state index is 6.14. The van der Waals surface area contributed by atoms with E-state index >= 15 is 0 Å². The Kier molecular flexibility index (Phi) is 5.62. The van der Waals surface area contributed by atoms with Crippen molar-refractivity contribution < 1.29 is 18.3 Å². The molecular weight excluding hydrogens is 392 g/mol. The second kappa shape index (κ2) is 8.52. The molecule has 2 aromatic carbocycles. The van der Waals surface area contributed by atoms with Crippen molar-refractivity contribution >= 4 is 11.4 Å². The second-order valence-electron chi connectivity index (χ2n) is 7.87. The van der Waals surface area contributed by atoms with Crippen LogP contribution in [0.2, 0.25) is 0 Å². The van der Waals surface area contributed by atoms with Gasteiger partial charge in [-0.1, -0.05) is 26.0 Å². The fourth-order valence-electron chi connectivity index (χ4n) is 3.35. The van der Waals surface area contributed by atoms with E-state index in [1.165, 1.54) is 0 Å². The molecule has 0 bridgehead atoms. The summed E-state index contributed by atoms with van der Waals surface area (Å²) in [4.78, 5) is 0. The summed E-state index contributed by atoms with van der Waals surface area (Å²) < 4.78 is 22.5. The molecule has 4 aromatic rings. The Morgan fingerprint density at radius 2 is 1.16 bits per heavy atom. The third-order valence-electron chi connectivity index (χ3n) is 5.37. The molecule has 0 aliphatic heterocycles. The topological polar surface area (TPSA) is 96.8 Å². The van der Waals surface area contributed by atoms with Crippen molar-refractivity contribution in [2.45, 2.75) is 32.5 Å². The lowest BCUT2D eigenvalue weighted by molar-refractivity contribution is 0.270. The summed E-state index contributed by atoms with van der Waals surface area (Å²) in [7, 11) is 0. The SMILES string of the molecule is CC(C)(c1ccc(N)c(OCc2ccco2)c1)c1ccc(N)c(OCc2ccco2)c1. The van der Waals surface area contributed by atoms with Crippen LogP contribution in [0.15, 0.2) is 82.0 Å².